The van der Waals surface area contributed by atoms with Gasteiger partial charge in [0.15, 0.2) is 6.10 Å². The van der Waals surface area contributed by atoms with Gasteiger partial charge >= 0.3 is 17.9 Å². The molecule has 0 aliphatic carbocycles. The van der Waals surface area contributed by atoms with Crippen molar-refractivity contribution in [2.24, 2.45) is 0 Å². The summed E-state index contributed by atoms with van der Waals surface area (Å²) in [6.07, 6.45) is 79.7. The quantitative estimate of drug-likeness (QED) is 0.0261. The molecule has 0 N–H and O–H groups in total. The topological polar surface area (TPSA) is 78.9 Å². The number of carbonyl (C=O) groups excluding carboxylic acids is 3. The molecule has 0 rings (SSSR count). The summed E-state index contributed by atoms with van der Waals surface area (Å²) >= 11 is 0. The van der Waals surface area contributed by atoms with Crippen LogP contribution in [0.25, 0.3) is 0 Å². The smallest absolute Gasteiger partial charge is 0.306 e. The molecule has 0 bridgehead atoms. The molecule has 430 valence electrons. The molecule has 0 aliphatic rings. The molecule has 0 amide bonds. The number of hydrogen-bond donors (Lipinski definition) is 0. The highest BCUT2D eigenvalue weighted by Gasteiger charge is 2.19. The van der Waals surface area contributed by atoms with Gasteiger partial charge in [0.2, 0.25) is 0 Å². The van der Waals surface area contributed by atoms with Crippen LogP contribution in [-0.4, -0.2) is 37.2 Å². The third-order valence-corrected chi connectivity index (χ3v) is 14.3. The van der Waals surface area contributed by atoms with E-state index < -0.39 is 6.10 Å². The fraction of sp³-hybridized carbons (Fsp3) is 0.809. The minimum atomic E-state index is -0.781. The van der Waals surface area contributed by atoms with Crippen molar-refractivity contribution in [3.63, 3.8) is 0 Å². The van der Waals surface area contributed by atoms with Crippen LogP contribution < -0.4 is 0 Å². The van der Waals surface area contributed by atoms with Crippen molar-refractivity contribution in [3.8, 4) is 0 Å². The zero-order valence-corrected chi connectivity index (χ0v) is 49.4. The molecule has 0 aliphatic heterocycles. The highest BCUT2D eigenvalue weighted by Crippen LogP contribution is 2.18. The largest absolute Gasteiger partial charge is 0.462 e. The summed E-state index contributed by atoms with van der Waals surface area (Å²) in [7, 11) is 0. The summed E-state index contributed by atoms with van der Waals surface area (Å²) in [4.78, 5) is 38.1. The van der Waals surface area contributed by atoms with Gasteiger partial charge in [-0.1, -0.05) is 313 Å². The van der Waals surface area contributed by atoms with Crippen molar-refractivity contribution in [3.05, 3.63) is 60.8 Å². The molecule has 0 fully saturated rings. The highest BCUT2D eigenvalue weighted by molar-refractivity contribution is 5.71. The Bertz CT molecular complexity index is 1330. The van der Waals surface area contributed by atoms with E-state index in [0.29, 0.717) is 19.3 Å². The Morgan fingerprint density at radius 1 is 0.284 bits per heavy atom. The zero-order valence-electron chi connectivity index (χ0n) is 49.4. The van der Waals surface area contributed by atoms with Crippen LogP contribution >= 0.6 is 0 Å². The van der Waals surface area contributed by atoms with Gasteiger partial charge in [0.1, 0.15) is 13.2 Å². The van der Waals surface area contributed by atoms with Crippen LogP contribution in [0.15, 0.2) is 60.8 Å². The van der Waals surface area contributed by atoms with Gasteiger partial charge in [-0.15, -0.1) is 0 Å². The SMILES string of the molecule is CC/C=C\C/C=C\C/C=C\C/C=C\C/C=C\CCCCCCCC(=O)OC(COC(=O)CCCCCCCCCC)COC(=O)CCCCCCCCCCCCCCCCCCCCCCCCCCCCC. The Kier molecular flexibility index (Phi) is 60.2. The van der Waals surface area contributed by atoms with Crippen LogP contribution in [0.4, 0.5) is 0 Å². The predicted octanol–water partition coefficient (Wildman–Crippen LogP) is 21.9. The summed E-state index contributed by atoms with van der Waals surface area (Å²) in [5, 5.41) is 0. The molecule has 6 nitrogen and oxygen atoms in total. The second-order valence-electron chi connectivity index (χ2n) is 21.7. The Morgan fingerprint density at radius 2 is 0.527 bits per heavy atom. The van der Waals surface area contributed by atoms with Gasteiger partial charge in [0.05, 0.1) is 0 Å². The first-order chi connectivity index (χ1) is 36.5. The third-order valence-electron chi connectivity index (χ3n) is 14.3. The van der Waals surface area contributed by atoms with Crippen LogP contribution in [0, 0.1) is 0 Å². The van der Waals surface area contributed by atoms with Gasteiger partial charge in [-0.3, -0.25) is 14.4 Å². The fourth-order valence-corrected chi connectivity index (χ4v) is 9.47. The monoisotopic (exact) mass is 1030 g/mol. The molecule has 74 heavy (non-hydrogen) atoms. The molecular formula is C68H122O6. The molecule has 0 aromatic heterocycles. The van der Waals surface area contributed by atoms with E-state index in [9.17, 15) is 14.4 Å². The second kappa shape index (κ2) is 62.6. The summed E-state index contributed by atoms with van der Waals surface area (Å²) in [6, 6.07) is 0. The Balaban J connectivity index is 4.14. The van der Waals surface area contributed by atoms with E-state index in [2.05, 4.69) is 81.5 Å². The lowest BCUT2D eigenvalue weighted by Gasteiger charge is -2.18. The zero-order chi connectivity index (χ0) is 53.6. The molecule has 0 spiro atoms. The molecule has 0 radical (unpaired) electrons. The average molecular weight is 1040 g/mol. The van der Waals surface area contributed by atoms with Crippen molar-refractivity contribution >= 4 is 17.9 Å². The van der Waals surface area contributed by atoms with E-state index in [1.54, 1.807) is 0 Å². The normalized spacial score (nSPS) is 12.4. The van der Waals surface area contributed by atoms with E-state index >= 15 is 0 Å². The van der Waals surface area contributed by atoms with Crippen molar-refractivity contribution in [2.75, 3.05) is 13.2 Å². The Morgan fingerprint density at radius 3 is 0.824 bits per heavy atom. The molecule has 1 atom stereocenters. The van der Waals surface area contributed by atoms with Crippen LogP contribution in [0.1, 0.15) is 335 Å². The van der Waals surface area contributed by atoms with Gasteiger partial charge in [0, 0.05) is 19.3 Å². The van der Waals surface area contributed by atoms with E-state index in [1.165, 1.54) is 186 Å². The van der Waals surface area contributed by atoms with E-state index in [4.69, 9.17) is 14.2 Å². The summed E-state index contributed by atoms with van der Waals surface area (Å²) in [5.74, 6) is -0.885. The summed E-state index contributed by atoms with van der Waals surface area (Å²) < 4.78 is 16.9. The lowest BCUT2D eigenvalue weighted by atomic mass is 10.0. The average Bonchev–Trinajstić information content (AvgIpc) is 3.40. The lowest BCUT2D eigenvalue weighted by Crippen LogP contribution is -2.30. The van der Waals surface area contributed by atoms with Gasteiger partial charge in [0.25, 0.3) is 0 Å². The van der Waals surface area contributed by atoms with E-state index in [1.807, 2.05) is 0 Å². The van der Waals surface area contributed by atoms with Gasteiger partial charge in [-0.25, -0.2) is 0 Å². The van der Waals surface area contributed by atoms with E-state index in [-0.39, 0.29) is 31.1 Å². The predicted molar refractivity (Wildman–Crippen MR) is 321 cm³/mol. The van der Waals surface area contributed by atoms with E-state index in [0.717, 1.165) is 109 Å². The van der Waals surface area contributed by atoms with Crippen molar-refractivity contribution < 1.29 is 28.6 Å². The van der Waals surface area contributed by atoms with Crippen LogP contribution in [0.5, 0.6) is 0 Å². The maximum Gasteiger partial charge on any atom is 0.306 e. The van der Waals surface area contributed by atoms with Gasteiger partial charge in [-0.2, -0.15) is 0 Å². The van der Waals surface area contributed by atoms with Gasteiger partial charge in [-0.05, 0) is 64.2 Å². The minimum absolute atomic E-state index is 0.0785. The maximum absolute atomic E-state index is 12.9. The first kappa shape index (κ1) is 71.1. The standard InChI is InChI=1S/C68H122O6/c1-4-7-10-13-16-19-21-23-25-27-29-31-32-33-34-35-36-38-39-41-43-45-47-49-52-55-58-61-67(70)73-64-65(63-72-66(69)60-57-54-51-18-15-12-9-6-3)74-68(71)62-59-56-53-50-48-46-44-42-40-37-30-28-26-24-22-20-17-14-11-8-5-2/h8,11,17,20,24,26,30,37,42,44,65H,4-7,9-10,12-16,18-19,21-23,25,27-29,31-36,38-41,43,45-64H2,1-3H3/b11-8-,20-17-,26-24-,37-30-,44-42-. The Labute approximate surface area is 460 Å². The first-order valence-electron chi connectivity index (χ1n) is 32.3. The molecule has 0 saturated carbocycles. The summed E-state index contributed by atoms with van der Waals surface area (Å²) in [6.45, 7) is 6.53. The molecule has 0 saturated heterocycles. The number of unbranched alkanes of at least 4 members (excludes halogenated alkanes) is 38. The van der Waals surface area contributed by atoms with Gasteiger partial charge < -0.3 is 14.2 Å². The fourth-order valence-electron chi connectivity index (χ4n) is 9.47. The number of ether oxygens (including phenoxy) is 3. The van der Waals surface area contributed by atoms with Crippen LogP contribution in [0.3, 0.4) is 0 Å². The Hall–Kier alpha value is -2.89. The highest BCUT2D eigenvalue weighted by atomic mass is 16.6. The molecular weight excluding hydrogens is 913 g/mol. The molecule has 6 heteroatoms. The first-order valence-corrected chi connectivity index (χ1v) is 32.3. The van der Waals surface area contributed by atoms with Crippen molar-refractivity contribution in [1.29, 1.82) is 0 Å². The molecule has 1 unspecified atom stereocenters. The van der Waals surface area contributed by atoms with Crippen LogP contribution in [0.2, 0.25) is 0 Å². The number of rotatable bonds is 59. The molecule has 0 aromatic rings. The molecule has 0 aromatic carbocycles. The number of esters is 3. The lowest BCUT2D eigenvalue weighted by molar-refractivity contribution is -0.167. The second-order valence-corrected chi connectivity index (χ2v) is 21.7. The summed E-state index contributed by atoms with van der Waals surface area (Å²) in [5.41, 5.74) is 0. The third kappa shape index (κ3) is 60.0. The maximum atomic E-state index is 12.9. The number of carbonyl (C=O) groups is 3. The molecule has 0 heterocycles. The van der Waals surface area contributed by atoms with Crippen molar-refractivity contribution in [1.82, 2.24) is 0 Å². The number of hydrogen-bond acceptors (Lipinski definition) is 6. The number of allylic oxidation sites excluding steroid dienone is 10. The minimum Gasteiger partial charge on any atom is -0.462 e. The van der Waals surface area contributed by atoms with Crippen LogP contribution in [-0.2, 0) is 28.6 Å². The van der Waals surface area contributed by atoms with Crippen molar-refractivity contribution in [2.45, 2.75) is 341 Å².